The minimum atomic E-state index is 0.0262. The van der Waals surface area contributed by atoms with E-state index in [4.69, 9.17) is 9.84 Å². The molecule has 16 heavy (non-hydrogen) atoms. The van der Waals surface area contributed by atoms with E-state index >= 15 is 0 Å². The van der Waals surface area contributed by atoms with Crippen LogP contribution in [0.5, 0.6) is 0 Å². The maximum Gasteiger partial charge on any atom is 0.233 e. The second kappa shape index (κ2) is 12.4. The van der Waals surface area contributed by atoms with Crippen molar-refractivity contribution in [1.82, 2.24) is 10.6 Å². The maximum atomic E-state index is 11.2. The first-order chi connectivity index (χ1) is 7.81. The topological polar surface area (TPSA) is 70.6 Å². The van der Waals surface area contributed by atoms with Gasteiger partial charge in [0.05, 0.1) is 6.54 Å². The highest BCUT2D eigenvalue weighted by Gasteiger charge is 1.98. The molecule has 5 heteroatoms. The van der Waals surface area contributed by atoms with E-state index in [0.29, 0.717) is 19.7 Å². The lowest BCUT2D eigenvalue weighted by atomic mass is 10.2. The molecular weight excluding hydrogens is 208 g/mol. The van der Waals surface area contributed by atoms with E-state index in [0.717, 1.165) is 32.2 Å². The molecule has 0 aliphatic heterocycles. The third kappa shape index (κ3) is 11.4. The fourth-order valence-electron chi connectivity index (χ4n) is 1.25. The van der Waals surface area contributed by atoms with Crippen molar-refractivity contribution in [3.05, 3.63) is 0 Å². The van der Waals surface area contributed by atoms with Gasteiger partial charge in [-0.3, -0.25) is 4.79 Å². The fraction of sp³-hybridized carbons (Fsp3) is 0.909. The molecule has 1 amide bonds. The molecule has 0 aliphatic carbocycles. The molecule has 0 unspecified atom stereocenters. The number of methoxy groups -OCH3 is 1. The van der Waals surface area contributed by atoms with Gasteiger partial charge in [-0.15, -0.1) is 0 Å². The molecule has 0 rings (SSSR count). The molecule has 0 atom stereocenters. The third-order valence-electron chi connectivity index (χ3n) is 2.14. The zero-order valence-corrected chi connectivity index (χ0v) is 10.1. The summed E-state index contributed by atoms with van der Waals surface area (Å²) in [6.07, 6.45) is 3.68. The molecule has 0 radical (unpaired) electrons. The quantitative estimate of drug-likeness (QED) is 0.435. The highest BCUT2D eigenvalue weighted by atomic mass is 16.5. The molecule has 5 nitrogen and oxygen atoms in total. The highest BCUT2D eigenvalue weighted by molar-refractivity contribution is 5.77. The summed E-state index contributed by atoms with van der Waals surface area (Å²) in [6.45, 7) is 2.78. The number of hydrogen-bond donors (Lipinski definition) is 3. The van der Waals surface area contributed by atoms with Gasteiger partial charge in [0, 0.05) is 26.9 Å². The van der Waals surface area contributed by atoms with Crippen LogP contribution in [0.25, 0.3) is 0 Å². The van der Waals surface area contributed by atoms with Crippen molar-refractivity contribution >= 4 is 5.91 Å². The fourth-order valence-corrected chi connectivity index (χ4v) is 1.25. The van der Waals surface area contributed by atoms with Crippen molar-refractivity contribution in [2.24, 2.45) is 0 Å². The van der Waals surface area contributed by atoms with E-state index < -0.39 is 0 Å². The van der Waals surface area contributed by atoms with Crippen LogP contribution < -0.4 is 10.6 Å². The van der Waals surface area contributed by atoms with Crippen molar-refractivity contribution < 1.29 is 14.6 Å². The van der Waals surface area contributed by atoms with Gasteiger partial charge in [-0.25, -0.2) is 0 Å². The number of unbranched alkanes of at least 4 members (excludes halogenated alkanes) is 2. The summed E-state index contributed by atoms with van der Waals surface area (Å²) in [5.74, 6) is 0.0262. The zero-order chi connectivity index (χ0) is 12.1. The van der Waals surface area contributed by atoms with Crippen LogP contribution in [0.3, 0.4) is 0 Å². The Hall–Kier alpha value is -0.650. The molecule has 0 saturated heterocycles. The molecule has 0 fully saturated rings. The van der Waals surface area contributed by atoms with Crippen molar-refractivity contribution in [2.45, 2.75) is 25.7 Å². The van der Waals surface area contributed by atoms with Crippen molar-refractivity contribution in [3.63, 3.8) is 0 Å². The Morgan fingerprint density at radius 3 is 2.69 bits per heavy atom. The number of nitrogens with one attached hydrogen (secondary N) is 2. The average Bonchev–Trinajstić information content (AvgIpc) is 2.29. The van der Waals surface area contributed by atoms with Crippen LogP contribution in [-0.4, -0.2) is 51.0 Å². The normalized spacial score (nSPS) is 10.4. The predicted octanol–water partition coefficient (Wildman–Crippen LogP) is -0.109. The molecule has 3 N–H and O–H groups in total. The lowest BCUT2D eigenvalue weighted by molar-refractivity contribution is -0.120. The second-order valence-electron chi connectivity index (χ2n) is 3.66. The summed E-state index contributed by atoms with van der Waals surface area (Å²) in [6, 6.07) is 0. The van der Waals surface area contributed by atoms with E-state index in [2.05, 4.69) is 10.6 Å². The van der Waals surface area contributed by atoms with Gasteiger partial charge in [-0.05, 0) is 32.2 Å². The number of rotatable bonds is 11. The number of carbonyl (C=O) groups excluding carboxylic acids is 1. The Bertz CT molecular complexity index is 165. The minimum Gasteiger partial charge on any atom is -0.396 e. The van der Waals surface area contributed by atoms with E-state index in [1.54, 1.807) is 7.11 Å². The second-order valence-corrected chi connectivity index (χ2v) is 3.66. The molecule has 0 aromatic rings. The number of aliphatic hydroxyl groups excluding tert-OH is 1. The van der Waals surface area contributed by atoms with Crippen LogP contribution in [0.1, 0.15) is 25.7 Å². The molecule has 0 spiro atoms. The Morgan fingerprint density at radius 1 is 1.19 bits per heavy atom. The molecule has 0 saturated carbocycles. The van der Waals surface area contributed by atoms with Crippen LogP contribution in [-0.2, 0) is 9.53 Å². The molecule has 0 aliphatic rings. The zero-order valence-electron chi connectivity index (χ0n) is 10.1. The lowest BCUT2D eigenvalue weighted by Gasteiger charge is -2.06. The summed E-state index contributed by atoms with van der Waals surface area (Å²) in [7, 11) is 1.65. The standard InChI is InChI=1S/C11H24N2O3/c1-16-9-5-7-13-11(15)10-12-6-3-2-4-8-14/h12,14H,2-10H2,1H3,(H,13,15). The highest BCUT2D eigenvalue weighted by Crippen LogP contribution is 1.91. The van der Waals surface area contributed by atoms with Gasteiger partial charge in [0.15, 0.2) is 0 Å². The summed E-state index contributed by atoms with van der Waals surface area (Å²) in [5, 5.41) is 14.4. The molecule has 0 aromatic heterocycles. The summed E-state index contributed by atoms with van der Waals surface area (Å²) < 4.78 is 4.87. The SMILES string of the molecule is COCCCNC(=O)CNCCCCCO. The summed E-state index contributed by atoms with van der Waals surface area (Å²) in [4.78, 5) is 11.2. The summed E-state index contributed by atoms with van der Waals surface area (Å²) >= 11 is 0. The molecule has 0 bridgehead atoms. The van der Waals surface area contributed by atoms with Crippen LogP contribution in [0.15, 0.2) is 0 Å². The monoisotopic (exact) mass is 232 g/mol. The van der Waals surface area contributed by atoms with Gasteiger partial charge in [-0.2, -0.15) is 0 Å². The van der Waals surface area contributed by atoms with Gasteiger partial charge in [0.1, 0.15) is 0 Å². The maximum absolute atomic E-state index is 11.2. The molecule has 96 valence electrons. The summed E-state index contributed by atoms with van der Waals surface area (Å²) in [5.41, 5.74) is 0. The van der Waals surface area contributed by atoms with Crippen LogP contribution in [0.4, 0.5) is 0 Å². The van der Waals surface area contributed by atoms with Gasteiger partial charge < -0.3 is 20.5 Å². The molecular formula is C11H24N2O3. The molecule has 0 aromatic carbocycles. The first-order valence-electron chi connectivity index (χ1n) is 5.88. The first kappa shape index (κ1) is 15.3. The molecule has 0 heterocycles. The Kier molecular flexibility index (Phi) is 11.9. The smallest absolute Gasteiger partial charge is 0.233 e. The number of hydrogen-bond acceptors (Lipinski definition) is 4. The Morgan fingerprint density at radius 2 is 2.00 bits per heavy atom. The Balaban J connectivity index is 3.11. The van der Waals surface area contributed by atoms with Crippen LogP contribution in [0, 0.1) is 0 Å². The van der Waals surface area contributed by atoms with E-state index in [1.165, 1.54) is 0 Å². The van der Waals surface area contributed by atoms with E-state index in [9.17, 15) is 4.79 Å². The largest absolute Gasteiger partial charge is 0.396 e. The number of ether oxygens (including phenoxy) is 1. The number of carbonyl (C=O) groups is 1. The minimum absolute atomic E-state index is 0.0262. The van der Waals surface area contributed by atoms with E-state index in [1.807, 2.05) is 0 Å². The lowest BCUT2D eigenvalue weighted by Crippen LogP contribution is -2.35. The van der Waals surface area contributed by atoms with Gasteiger partial charge in [0.2, 0.25) is 5.91 Å². The average molecular weight is 232 g/mol. The van der Waals surface area contributed by atoms with Crippen molar-refractivity contribution in [3.8, 4) is 0 Å². The van der Waals surface area contributed by atoms with Gasteiger partial charge in [-0.1, -0.05) is 0 Å². The van der Waals surface area contributed by atoms with Crippen LogP contribution >= 0.6 is 0 Å². The number of amides is 1. The van der Waals surface area contributed by atoms with Crippen LogP contribution in [0.2, 0.25) is 0 Å². The number of aliphatic hydroxyl groups is 1. The first-order valence-corrected chi connectivity index (χ1v) is 5.88. The van der Waals surface area contributed by atoms with Crippen molar-refractivity contribution in [2.75, 3.05) is 40.0 Å². The third-order valence-corrected chi connectivity index (χ3v) is 2.14. The van der Waals surface area contributed by atoms with E-state index in [-0.39, 0.29) is 12.5 Å². The predicted molar refractivity (Wildman–Crippen MR) is 63.3 cm³/mol. The van der Waals surface area contributed by atoms with Crippen molar-refractivity contribution in [1.29, 1.82) is 0 Å². The van der Waals surface area contributed by atoms with Gasteiger partial charge >= 0.3 is 0 Å². The van der Waals surface area contributed by atoms with Gasteiger partial charge in [0.25, 0.3) is 0 Å². The Labute approximate surface area is 97.6 Å².